The molecule has 340 valence electrons. The summed E-state index contributed by atoms with van der Waals surface area (Å²) in [6, 6.07) is -0.237. The van der Waals surface area contributed by atoms with Crippen LogP contribution >= 0.6 is 0 Å². The van der Waals surface area contributed by atoms with E-state index in [4.69, 9.17) is 15.0 Å². The number of piperidine rings is 3. The Morgan fingerprint density at radius 1 is 0.550 bits per heavy atom. The molecular weight excluding hydrogens is 753 g/mol. The summed E-state index contributed by atoms with van der Waals surface area (Å²) < 4.78 is 0. The lowest BCUT2D eigenvalue weighted by Crippen LogP contribution is -2.71. The average Bonchev–Trinajstić information content (AvgIpc) is 3.05. The van der Waals surface area contributed by atoms with E-state index in [1.54, 1.807) is 0 Å². The quantitative estimate of drug-likeness (QED) is 0.154. The van der Waals surface area contributed by atoms with Crippen molar-refractivity contribution in [1.29, 1.82) is 0 Å². The van der Waals surface area contributed by atoms with Gasteiger partial charge in [0.1, 0.15) is 0 Å². The van der Waals surface area contributed by atoms with Crippen LogP contribution in [0, 0.1) is 11.8 Å². The number of carbonyl (C=O) groups excluding carboxylic acids is 2. The topological polar surface area (TPSA) is 163 Å². The monoisotopic (exact) mass is 837 g/mol. The normalized spacial score (nSPS) is 29.4. The Balaban J connectivity index is 1.40. The lowest BCUT2D eigenvalue weighted by Gasteiger charge is -2.51. The van der Waals surface area contributed by atoms with E-state index in [0.717, 1.165) is 57.3 Å². The van der Waals surface area contributed by atoms with Gasteiger partial charge in [0.15, 0.2) is 5.82 Å². The number of carbonyl (C=O) groups is 2. The highest BCUT2D eigenvalue weighted by atomic mass is 16.2. The van der Waals surface area contributed by atoms with Crippen LogP contribution in [0.25, 0.3) is 0 Å². The number of hydrogen-bond acceptors (Lipinski definition) is 12. The Bertz CT molecular complexity index is 1580. The van der Waals surface area contributed by atoms with Crippen LogP contribution in [0.15, 0.2) is 0 Å². The summed E-state index contributed by atoms with van der Waals surface area (Å²) in [4.78, 5) is 48.1. The van der Waals surface area contributed by atoms with Crippen molar-refractivity contribution >= 4 is 23.7 Å². The number of anilines is 2. The highest BCUT2D eigenvalue weighted by Crippen LogP contribution is 2.39. The number of rotatable bonds is 11. The molecule has 1 aromatic heterocycles. The summed E-state index contributed by atoms with van der Waals surface area (Å²) in [5.74, 6) is 2.45. The van der Waals surface area contributed by atoms with E-state index in [1.807, 2.05) is 27.7 Å². The van der Waals surface area contributed by atoms with E-state index in [-0.39, 0.29) is 75.0 Å². The molecule has 60 heavy (non-hydrogen) atoms. The molecule has 14 nitrogen and oxygen atoms in total. The van der Waals surface area contributed by atoms with Crippen LogP contribution in [-0.4, -0.2) is 126 Å². The molecule has 3 unspecified atom stereocenters. The van der Waals surface area contributed by atoms with Crippen LogP contribution in [0.4, 0.5) is 11.9 Å². The minimum atomic E-state index is -0.688. The van der Waals surface area contributed by atoms with Gasteiger partial charge in [-0.25, -0.2) is 0 Å². The SMILES string of the molecule is CC1(C)CC(C(CN2CC(C)(C)NC(C)(C)C2=O)Nc2nc(NC(CN3CC(C)(C)NC(C)(C)C3=O)C3CC(C)(C)NC(C)(C)C3)nc(C3CCCCN3)n2)CC(C)(C)N1. The fraction of sp³-hybridized carbons (Fsp3) is 0.891. The second kappa shape index (κ2) is 16.2. The largest absolute Gasteiger partial charge is 0.349 e. The molecule has 14 heteroatoms. The van der Waals surface area contributed by atoms with E-state index in [0.29, 0.717) is 38.1 Å². The van der Waals surface area contributed by atoms with Crippen LogP contribution in [0.3, 0.4) is 0 Å². The van der Waals surface area contributed by atoms with Gasteiger partial charge >= 0.3 is 0 Å². The van der Waals surface area contributed by atoms with Gasteiger partial charge in [0.25, 0.3) is 0 Å². The standard InChI is InChI=1S/C46H84N12O2/c1-39(2)21-29(22-40(3,4)53-39)32(25-57-27-43(9,10)55-45(13,14)35(57)59)48-37-50-34(31-19-17-18-20-47-31)51-38(52-37)49-33(30-23-41(5,6)54-42(7,8)24-30)26-58-28-44(11,12)56-46(15,16)36(58)60/h29-33,47,53-56H,17-28H2,1-16H3,(H2,48,49,50,51,52). The van der Waals surface area contributed by atoms with E-state index < -0.39 is 11.1 Å². The van der Waals surface area contributed by atoms with Gasteiger partial charge in [-0.3, -0.25) is 20.2 Å². The Kier molecular flexibility index (Phi) is 12.6. The van der Waals surface area contributed by atoms with Gasteiger partial charge in [0, 0.05) is 71.5 Å². The molecule has 1 aromatic rings. The van der Waals surface area contributed by atoms with Gasteiger partial charge in [-0.05, 0) is 168 Å². The summed E-state index contributed by atoms with van der Waals surface area (Å²) in [6.07, 6.45) is 6.91. The van der Waals surface area contributed by atoms with Crippen molar-refractivity contribution < 1.29 is 9.59 Å². The fourth-order valence-corrected chi connectivity index (χ4v) is 12.6. The molecule has 6 rings (SSSR count). The molecule has 3 atom stereocenters. The van der Waals surface area contributed by atoms with Crippen LogP contribution in [0.5, 0.6) is 0 Å². The highest BCUT2D eigenvalue weighted by Gasteiger charge is 2.49. The number of nitrogens with one attached hydrogen (secondary N) is 7. The molecule has 0 aliphatic carbocycles. The molecule has 0 radical (unpaired) electrons. The lowest BCUT2D eigenvalue weighted by molar-refractivity contribution is -0.144. The maximum Gasteiger partial charge on any atom is 0.242 e. The molecule has 5 saturated heterocycles. The Hall–Kier alpha value is -2.65. The zero-order chi connectivity index (χ0) is 44.5. The van der Waals surface area contributed by atoms with Crippen LogP contribution in [0.1, 0.15) is 168 Å². The molecule has 0 bridgehead atoms. The van der Waals surface area contributed by atoms with Crippen molar-refractivity contribution in [2.75, 3.05) is 43.4 Å². The molecule has 0 spiro atoms. The van der Waals surface area contributed by atoms with Crippen LogP contribution in [0.2, 0.25) is 0 Å². The smallest absolute Gasteiger partial charge is 0.242 e. The minimum absolute atomic E-state index is 0.000865. The number of amides is 2. The molecule has 0 aromatic carbocycles. The van der Waals surface area contributed by atoms with Gasteiger partial charge in [-0.1, -0.05) is 6.42 Å². The first-order chi connectivity index (χ1) is 27.3. The number of piperazine rings is 2. The second-order valence-electron chi connectivity index (χ2n) is 24.6. The summed E-state index contributed by atoms with van der Waals surface area (Å²) in [5, 5.41) is 26.4. The summed E-state index contributed by atoms with van der Waals surface area (Å²) in [7, 11) is 0. The maximum absolute atomic E-state index is 14.1. The molecule has 5 fully saturated rings. The minimum Gasteiger partial charge on any atom is -0.349 e. The highest BCUT2D eigenvalue weighted by molar-refractivity contribution is 5.87. The summed E-state index contributed by atoms with van der Waals surface area (Å²) in [5.41, 5.74) is -2.28. The van der Waals surface area contributed by atoms with Crippen molar-refractivity contribution in [2.24, 2.45) is 11.8 Å². The number of hydrogen-bond donors (Lipinski definition) is 7. The molecule has 7 N–H and O–H groups in total. The maximum atomic E-state index is 14.1. The first kappa shape index (κ1) is 46.8. The van der Waals surface area contributed by atoms with Crippen molar-refractivity contribution in [1.82, 2.24) is 51.3 Å². The number of aromatic nitrogens is 3. The van der Waals surface area contributed by atoms with Crippen molar-refractivity contribution in [2.45, 2.75) is 218 Å². The second-order valence-corrected chi connectivity index (χ2v) is 24.6. The van der Waals surface area contributed by atoms with Crippen molar-refractivity contribution in [3.8, 4) is 0 Å². The van der Waals surface area contributed by atoms with Crippen LogP contribution < -0.4 is 37.2 Å². The van der Waals surface area contributed by atoms with Gasteiger partial charge in [-0.2, -0.15) is 15.0 Å². The number of nitrogens with zero attached hydrogens (tertiary/aromatic N) is 5. The predicted molar refractivity (Wildman–Crippen MR) is 243 cm³/mol. The first-order valence-electron chi connectivity index (χ1n) is 23.1. The summed E-state index contributed by atoms with van der Waals surface area (Å²) >= 11 is 0. The van der Waals surface area contributed by atoms with Crippen LogP contribution in [-0.2, 0) is 9.59 Å². The Morgan fingerprint density at radius 2 is 0.933 bits per heavy atom. The third-order valence-electron chi connectivity index (χ3n) is 13.4. The average molecular weight is 837 g/mol. The molecular formula is C46H84N12O2. The van der Waals surface area contributed by atoms with Gasteiger partial charge in [-0.15, -0.1) is 0 Å². The fourth-order valence-electron chi connectivity index (χ4n) is 12.6. The van der Waals surface area contributed by atoms with Gasteiger partial charge < -0.3 is 36.4 Å². The van der Waals surface area contributed by atoms with E-state index in [9.17, 15) is 9.59 Å². The predicted octanol–water partition coefficient (Wildman–Crippen LogP) is 5.34. The van der Waals surface area contributed by atoms with Crippen molar-refractivity contribution in [3.05, 3.63) is 5.82 Å². The van der Waals surface area contributed by atoms with E-state index >= 15 is 0 Å². The molecule has 0 saturated carbocycles. The zero-order valence-corrected chi connectivity index (χ0v) is 40.4. The molecule has 2 amide bonds. The molecule has 5 aliphatic heterocycles. The third-order valence-corrected chi connectivity index (χ3v) is 13.4. The van der Waals surface area contributed by atoms with E-state index in [1.165, 1.54) is 0 Å². The molecule has 6 heterocycles. The zero-order valence-electron chi connectivity index (χ0n) is 40.4. The van der Waals surface area contributed by atoms with E-state index in [2.05, 4.69) is 130 Å². The van der Waals surface area contributed by atoms with Gasteiger partial charge in [0.2, 0.25) is 23.7 Å². The summed E-state index contributed by atoms with van der Waals surface area (Å²) in [6.45, 7) is 38.2. The Morgan fingerprint density at radius 3 is 1.28 bits per heavy atom. The third kappa shape index (κ3) is 11.5. The van der Waals surface area contributed by atoms with Gasteiger partial charge in [0.05, 0.1) is 17.1 Å². The molecule has 5 aliphatic rings. The Labute approximate surface area is 362 Å². The first-order valence-corrected chi connectivity index (χ1v) is 23.1. The lowest BCUT2D eigenvalue weighted by atomic mass is 9.72. The van der Waals surface area contributed by atoms with Crippen molar-refractivity contribution in [3.63, 3.8) is 0 Å².